The van der Waals surface area contributed by atoms with Crippen LogP contribution in [0.4, 0.5) is 0 Å². The van der Waals surface area contributed by atoms with Crippen molar-refractivity contribution >= 4 is 22.7 Å². The zero-order valence-electron chi connectivity index (χ0n) is 10.4. The maximum Gasteiger partial charge on any atom is 0.0525 e. The molecule has 2 N–H and O–H groups in total. The summed E-state index contributed by atoms with van der Waals surface area (Å²) in [7, 11) is 0. The molecule has 0 aliphatic rings. The van der Waals surface area contributed by atoms with Crippen LogP contribution in [-0.2, 0) is 13.1 Å². The van der Waals surface area contributed by atoms with Crippen LogP contribution < -0.4 is 5.73 Å². The molecule has 92 valence electrons. The highest BCUT2D eigenvalue weighted by atomic mass is 32.2. The van der Waals surface area contributed by atoms with Gasteiger partial charge in [0.1, 0.15) is 0 Å². The monoisotopic (exact) mass is 248 g/mol. The van der Waals surface area contributed by atoms with Gasteiger partial charge in [-0.2, -0.15) is 11.8 Å². The van der Waals surface area contributed by atoms with Crippen LogP contribution in [0.15, 0.2) is 30.5 Å². The highest BCUT2D eigenvalue weighted by Gasteiger charge is 2.04. The molecule has 0 amide bonds. The fourth-order valence-corrected chi connectivity index (χ4v) is 2.80. The Morgan fingerprint density at radius 1 is 1.29 bits per heavy atom. The van der Waals surface area contributed by atoms with Crippen molar-refractivity contribution in [1.82, 2.24) is 4.57 Å². The Labute approximate surface area is 107 Å². The first-order chi connectivity index (χ1) is 8.36. The van der Waals surface area contributed by atoms with Gasteiger partial charge in [0.05, 0.1) is 5.52 Å². The fraction of sp³-hybridized carbons (Fsp3) is 0.429. The number of para-hydroxylation sites is 1. The van der Waals surface area contributed by atoms with E-state index < -0.39 is 0 Å². The number of aryl methyl sites for hydroxylation is 1. The summed E-state index contributed by atoms with van der Waals surface area (Å²) in [5.41, 5.74) is 8.37. The summed E-state index contributed by atoms with van der Waals surface area (Å²) < 4.78 is 2.34. The standard InChI is InChI=1S/C14H20N2S/c1-2-17-10-4-8-16-9-7-12-5-3-6-13(11-15)14(12)16/h3,5-7,9H,2,4,8,10-11,15H2,1H3. The van der Waals surface area contributed by atoms with E-state index in [9.17, 15) is 0 Å². The van der Waals surface area contributed by atoms with Crippen LogP contribution in [-0.4, -0.2) is 16.1 Å². The van der Waals surface area contributed by atoms with E-state index in [1.165, 1.54) is 34.4 Å². The van der Waals surface area contributed by atoms with Crippen molar-refractivity contribution in [3.05, 3.63) is 36.0 Å². The molecule has 0 radical (unpaired) electrons. The van der Waals surface area contributed by atoms with Crippen molar-refractivity contribution in [2.75, 3.05) is 11.5 Å². The van der Waals surface area contributed by atoms with E-state index in [-0.39, 0.29) is 0 Å². The normalized spacial score (nSPS) is 11.2. The number of rotatable bonds is 6. The van der Waals surface area contributed by atoms with Gasteiger partial charge in [-0.05, 0) is 34.9 Å². The Morgan fingerprint density at radius 3 is 2.94 bits per heavy atom. The Kier molecular flexibility index (Phi) is 4.51. The van der Waals surface area contributed by atoms with Crippen molar-refractivity contribution in [3.8, 4) is 0 Å². The lowest BCUT2D eigenvalue weighted by Gasteiger charge is -2.08. The van der Waals surface area contributed by atoms with Crippen LogP contribution >= 0.6 is 11.8 Å². The van der Waals surface area contributed by atoms with E-state index in [1.54, 1.807) is 0 Å². The summed E-state index contributed by atoms with van der Waals surface area (Å²) in [6.45, 7) is 3.92. The van der Waals surface area contributed by atoms with E-state index >= 15 is 0 Å². The summed E-state index contributed by atoms with van der Waals surface area (Å²) in [6, 6.07) is 8.55. The molecule has 2 nitrogen and oxygen atoms in total. The van der Waals surface area contributed by atoms with Gasteiger partial charge >= 0.3 is 0 Å². The van der Waals surface area contributed by atoms with Gasteiger partial charge < -0.3 is 10.3 Å². The third-order valence-electron chi connectivity index (χ3n) is 2.98. The minimum atomic E-state index is 0.616. The molecule has 2 rings (SSSR count). The molecular weight excluding hydrogens is 228 g/mol. The van der Waals surface area contributed by atoms with Crippen molar-refractivity contribution in [2.45, 2.75) is 26.4 Å². The topological polar surface area (TPSA) is 30.9 Å². The molecule has 1 heterocycles. The minimum absolute atomic E-state index is 0.616. The minimum Gasteiger partial charge on any atom is -0.347 e. The molecule has 3 heteroatoms. The smallest absolute Gasteiger partial charge is 0.0525 e. The lowest BCUT2D eigenvalue weighted by atomic mass is 10.1. The lowest BCUT2D eigenvalue weighted by molar-refractivity contribution is 0.706. The average Bonchev–Trinajstić information content (AvgIpc) is 2.78. The summed E-state index contributed by atoms with van der Waals surface area (Å²) in [5, 5.41) is 1.30. The Morgan fingerprint density at radius 2 is 2.18 bits per heavy atom. The number of fused-ring (bicyclic) bond motifs is 1. The molecule has 2 aromatic rings. The number of nitrogens with zero attached hydrogens (tertiary/aromatic N) is 1. The molecule has 0 aliphatic heterocycles. The van der Waals surface area contributed by atoms with Crippen molar-refractivity contribution in [3.63, 3.8) is 0 Å². The van der Waals surface area contributed by atoms with Gasteiger partial charge in [0.15, 0.2) is 0 Å². The molecule has 17 heavy (non-hydrogen) atoms. The van der Waals surface area contributed by atoms with Crippen LogP contribution in [0.5, 0.6) is 0 Å². The molecule has 1 aromatic heterocycles. The fourth-order valence-electron chi connectivity index (χ4n) is 2.17. The Bertz CT molecular complexity index is 476. The molecule has 0 atom stereocenters. The number of benzene rings is 1. The molecule has 0 aliphatic carbocycles. The van der Waals surface area contributed by atoms with Gasteiger partial charge in [0, 0.05) is 19.3 Å². The maximum atomic E-state index is 5.80. The number of thioether (sulfide) groups is 1. The van der Waals surface area contributed by atoms with Crippen LogP contribution in [0.25, 0.3) is 10.9 Å². The Balaban J connectivity index is 2.16. The molecular formula is C14H20N2S. The van der Waals surface area contributed by atoms with Gasteiger partial charge in [-0.25, -0.2) is 0 Å². The predicted octanol–water partition coefficient (Wildman–Crippen LogP) is 3.24. The third-order valence-corrected chi connectivity index (χ3v) is 3.97. The molecule has 0 fully saturated rings. The summed E-state index contributed by atoms with van der Waals surface area (Å²) >= 11 is 2.01. The SMILES string of the molecule is CCSCCCn1ccc2cccc(CN)c21. The van der Waals surface area contributed by atoms with Crippen molar-refractivity contribution in [2.24, 2.45) is 5.73 Å². The zero-order valence-corrected chi connectivity index (χ0v) is 11.2. The van der Waals surface area contributed by atoms with E-state index in [0.717, 1.165) is 6.54 Å². The van der Waals surface area contributed by atoms with E-state index in [1.807, 2.05) is 11.8 Å². The van der Waals surface area contributed by atoms with Crippen LogP contribution in [0.3, 0.4) is 0 Å². The summed E-state index contributed by atoms with van der Waals surface area (Å²) in [6.07, 6.45) is 3.40. The number of hydrogen-bond acceptors (Lipinski definition) is 2. The van der Waals surface area contributed by atoms with Gasteiger partial charge in [0.2, 0.25) is 0 Å². The second-order valence-corrected chi connectivity index (χ2v) is 5.51. The molecule has 0 bridgehead atoms. The first kappa shape index (κ1) is 12.5. The first-order valence-corrected chi connectivity index (χ1v) is 7.37. The van der Waals surface area contributed by atoms with Gasteiger partial charge in [-0.15, -0.1) is 0 Å². The number of hydrogen-bond donors (Lipinski definition) is 1. The van der Waals surface area contributed by atoms with E-state index in [2.05, 4.69) is 42.0 Å². The highest BCUT2D eigenvalue weighted by Crippen LogP contribution is 2.20. The second-order valence-electron chi connectivity index (χ2n) is 4.12. The zero-order chi connectivity index (χ0) is 12.1. The Hall–Kier alpha value is -0.930. The summed E-state index contributed by atoms with van der Waals surface area (Å²) in [5.74, 6) is 2.45. The molecule has 0 unspecified atom stereocenters. The van der Waals surface area contributed by atoms with E-state index in [4.69, 9.17) is 5.73 Å². The van der Waals surface area contributed by atoms with Crippen LogP contribution in [0, 0.1) is 0 Å². The molecule has 0 spiro atoms. The van der Waals surface area contributed by atoms with Crippen molar-refractivity contribution in [1.29, 1.82) is 0 Å². The number of aromatic nitrogens is 1. The van der Waals surface area contributed by atoms with Gasteiger partial charge in [0.25, 0.3) is 0 Å². The van der Waals surface area contributed by atoms with Gasteiger partial charge in [-0.3, -0.25) is 0 Å². The third kappa shape index (κ3) is 2.85. The van der Waals surface area contributed by atoms with Crippen molar-refractivity contribution < 1.29 is 0 Å². The average molecular weight is 248 g/mol. The molecule has 0 saturated heterocycles. The predicted molar refractivity (Wildman–Crippen MR) is 77.4 cm³/mol. The molecule has 0 saturated carbocycles. The lowest BCUT2D eigenvalue weighted by Crippen LogP contribution is -2.03. The van der Waals surface area contributed by atoms with Crippen LogP contribution in [0.2, 0.25) is 0 Å². The quantitative estimate of drug-likeness (QED) is 0.796. The number of nitrogens with two attached hydrogens (primary N) is 1. The largest absolute Gasteiger partial charge is 0.347 e. The molecule has 1 aromatic carbocycles. The van der Waals surface area contributed by atoms with Crippen LogP contribution in [0.1, 0.15) is 18.9 Å². The first-order valence-electron chi connectivity index (χ1n) is 6.21. The van der Waals surface area contributed by atoms with Gasteiger partial charge in [-0.1, -0.05) is 25.1 Å². The highest BCUT2D eigenvalue weighted by molar-refractivity contribution is 7.99. The maximum absolute atomic E-state index is 5.80. The summed E-state index contributed by atoms with van der Waals surface area (Å²) in [4.78, 5) is 0. The second kappa shape index (κ2) is 6.12. The van der Waals surface area contributed by atoms with E-state index in [0.29, 0.717) is 6.54 Å².